The second kappa shape index (κ2) is 28.0. The monoisotopic (exact) mass is 1510 g/mol. The first-order chi connectivity index (χ1) is 54.1. The Kier molecular flexibility index (Phi) is 19.1. The number of fused-ring (bicyclic) bond motifs is 6. The highest BCUT2D eigenvalue weighted by Crippen LogP contribution is 2.68. The van der Waals surface area contributed by atoms with Crippen molar-refractivity contribution in [2.45, 2.75) is 222 Å². The summed E-state index contributed by atoms with van der Waals surface area (Å²) >= 11 is 0. The van der Waals surface area contributed by atoms with E-state index in [0.29, 0.717) is 0 Å². The van der Waals surface area contributed by atoms with Crippen LogP contribution in [0, 0.1) is 0 Å². The van der Waals surface area contributed by atoms with Crippen molar-refractivity contribution in [1.29, 1.82) is 0 Å². The van der Waals surface area contributed by atoms with Crippen LogP contribution >= 0.6 is 0 Å². The molecule has 1 aliphatic carbocycles. The Morgan fingerprint density at radius 3 is 0.696 bits per heavy atom. The summed E-state index contributed by atoms with van der Waals surface area (Å²) in [7, 11) is 0. The molecule has 0 bridgehead atoms. The molecule has 13 aromatic rings. The van der Waals surface area contributed by atoms with Gasteiger partial charge in [-0.25, -0.2) is 0 Å². The zero-order chi connectivity index (χ0) is 81.8. The Morgan fingerprint density at radius 2 is 0.435 bits per heavy atom. The smallest absolute Gasteiger partial charge is 0.0948 e. The maximum absolute atomic E-state index is 2.76. The van der Waals surface area contributed by atoms with Crippen LogP contribution in [0.25, 0.3) is 66.8 Å². The molecule has 2 aliphatic heterocycles. The largest absolute Gasteiger partial charge is 0.305 e. The predicted molar refractivity (Wildman–Crippen MR) is 496 cm³/mol. The van der Waals surface area contributed by atoms with Gasteiger partial charge in [0.15, 0.2) is 0 Å². The van der Waals surface area contributed by atoms with Gasteiger partial charge in [0.1, 0.15) is 0 Å². The van der Waals surface area contributed by atoms with Gasteiger partial charge >= 0.3 is 0 Å². The molecule has 0 aromatic heterocycles. The number of benzene rings is 13. The van der Waals surface area contributed by atoms with Crippen molar-refractivity contribution in [3.63, 3.8) is 0 Å². The van der Waals surface area contributed by atoms with E-state index in [0.717, 1.165) is 68.7 Å². The molecule has 0 unspecified atom stereocenters. The maximum Gasteiger partial charge on any atom is 0.0948 e. The fourth-order valence-corrected chi connectivity index (χ4v) is 17.7. The Balaban J connectivity index is 1.13. The van der Waals surface area contributed by atoms with Crippen LogP contribution in [0.5, 0.6) is 0 Å². The van der Waals surface area contributed by atoms with Gasteiger partial charge < -0.3 is 14.7 Å². The molecule has 3 nitrogen and oxygen atoms in total. The van der Waals surface area contributed by atoms with Crippen LogP contribution in [-0.4, -0.2) is 0 Å². The standard InChI is InChI=1S/C112H119N3/c1-105(2,3)81-47-33-70(34-48-81)76-45-59-95-97(62-76)115-98-63-77(71-35-49-82(50-36-71)106(4,5)6)46-60-96(98)114(103-93(74-41-55-85(56-42-74)109(13,14)15)68-88(112(22,23)24)69-94(103)75-43-57-86(58-44-75)110(16,17)18)100-65-80(101-89-31-27-25-29-78(89)61-79-30-26-28-32-90(79)101)64-99(104(100)115)113(95)102-91(72-37-51-83(52-38-72)107(7,8)9)66-87(111(19,20)21)67-92(102)73-39-53-84(54-40-73)108(10,11)12/h25-60,62-69,101H,61H2,1-24H3. The van der Waals surface area contributed by atoms with Crippen LogP contribution < -0.4 is 14.7 Å². The van der Waals surface area contributed by atoms with E-state index in [1.807, 2.05) is 0 Å². The molecular weight excluding hydrogens is 1390 g/mol. The first-order valence-electron chi connectivity index (χ1n) is 42.1. The molecule has 0 atom stereocenters. The van der Waals surface area contributed by atoms with Gasteiger partial charge in [0.05, 0.1) is 51.2 Å². The first-order valence-corrected chi connectivity index (χ1v) is 42.1. The summed E-state index contributed by atoms with van der Waals surface area (Å²) in [6.45, 7) is 56.2. The van der Waals surface area contributed by atoms with Crippen LogP contribution in [0.15, 0.2) is 267 Å². The summed E-state index contributed by atoms with van der Waals surface area (Å²) in [5.41, 5.74) is 40.1. The highest BCUT2D eigenvalue weighted by atomic mass is 15.3. The number of hydrogen-bond acceptors (Lipinski definition) is 3. The lowest BCUT2D eigenvalue weighted by molar-refractivity contribution is 0.589. The second-order valence-electron chi connectivity index (χ2n) is 41.6. The lowest BCUT2D eigenvalue weighted by Gasteiger charge is -2.49. The SMILES string of the molecule is CC(C)(C)c1ccc(-c2ccc3c(c2)N2c4cc(-c5ccc(C(C)(C)C)cc5)ccc4N(c4c(-c5ccc(C(C)(C)C)cc5)cc(C(C)(C)C)cc4-c4ccc(C(C)(C)C)cc4)c4cc(C5c6ccccc6Cc6ccccc65)cc(c42)N3c2c(-c3ccc(C(C)(C)C)cc3)cc(C(C)(C)C)cc2-c2ccc(C(C)(C)C)cc2)cc1. The van der Waals surface area contributed by atoms with Crippen molar-refractivity contribution >= 4 is 51.2 Å². The fourth-order valence-electron chi connectivity index (χ4n) is 17.7. The van der Waals surface area contributed by atoms with Gasteiger partial charge in [0, 0.05) is 28.2 Å². The van der Waals surface area contributed by atoms with Crippen LogP contribution in [0.1, 0.15) is 244 Å². The third-order valence-corrected chi connectivity index (χ3v) is 25.0. The van der Waals surface area contributed by atoms with E-state index in [4.69, 9.17) is 0 Å². The summed E-state index contributed by atoms with van der Waals surface area (Å²) in [5.74, 6) is -0.145. The number of rotatable bonds is 9. The van der Waals surface area contributed by atoms with Crippen LogP contribution in [0.3, 0.4) is 0 Å². The van der Waals surface area contributed by atoms with E-state index in [-0.39, 0.29) is 49.2 Å². The molecule has 0 fully saturated rings. The minimum Gasteiger partial charge on any atom is -0.305 e. The molecule has 0 amide bonds. The highest BCUT2D eigenvalue weighted by molar-refractivity contribution is 6.17. The van der Waals surface area contributed by atoms with E-state index in [9.17, 15) is 0 Å². The zero-order valence-corrected chi connectivity index (χ0v) is 73.0. The Labute approximate surface area is 689 Å². The van der Waals surface area contributed by atoms with Gasteiger partial charge in [-0.05, 0) is 227 Å². The molecule has 16 rings (SSSR count). The predicted octanol–water partition coefficient (Wildman–Crippen LogP) is 32.2. The molecule has 0 saturated heterocycles. The molecule has 13 aromatic carbocycles. The van der Waals surface area contributed by atoms with Crippen molar-refractivity contribution in [2.75, 3.05) is 14.7 Å². The van der Waals surface area contributed by atoms with Crippen molar-refractivity contribution in [1.82, 2.24) is 0 Å². The van der Waals surface area contributed by atoms with Gasteiger partial charge in [0.2, 0.25) is 0 Å². The molecule has 0 radical (unpaired) electrons. The third kappa shape index (κ3) is 14.6. The third-order valence-electron chi connectivity index (χ3n) is 25.0. The molecule has 0 saturated carbocycles. The molecule has 0 spiro atoms. The summed E-state index contributed by atoms with van der Waals surface area (Å²) in [6.07, 6.45) is 0.861. The molecular formula is C112H119N3. The van der Waals surface area contributed by atoms with Gasteiger partial charge in [0.25, 0.3) is 0 Å². The van der Waals surface area contributed by atoms with Crippen molar-refractivity contribution in [3.05, 3.63) is 339 Å². The summed E-state index contributed by atoms with van der Waals surface area (Å²) < 4.78 is 0. The summed E-state index contributed by atoms with van der Waals surface area (Å²) in [6, 6.07) is 106. The van der Waals surface area contributed by atoms with Crippen LogP contribution in [0.4, 0.5) is 51.2 Å². The van der Waals surface area contributed by atoms with Gasteiger partial charge in [-0.3, -0.25) is 0 Å². The molecule has 3 aliphatic rings. The average Bonchev–Trinajstić information content (AvgIpc) is 0.683. The van der Waals surface area contributed by atoms with E-state index < -0.39 is 0 Å². The van der Waals surface area contributed by atoms with E-state index in [2.05, 4.69) is 448 Å². The molecule has 582 valence electrons. The molecule has 2 heterocycles. The number of hydrogen-bond donors (Lipinski definition) is 0. The lowest BCUT2D eigenvalue weighted by atomic mass is 9.74. The molecule has 115 heavy (non-hydrogen) atoms. The van der Waals surface area contributed by atoms with Crippen LogP contribution in [-0.2, 0) is 49.7 Å². The number of nitrogens with zero attached hydrogens (tertiary/aromatic N) is 3. The average molecular weight is 1510 g/mol. The van der Waals surface area contributed by atoms with Gasteiger partial charge in [-0.15, -0.1) is 0 Å². The van der Waals surface area contributed by atoms with Gasteiger partial charge in [-0.1, -0.05) is 372 Å². The summed E-state index contributed by atoms with van der Waals surface area (Å²) in [4.78, 5) is 8.23. The summed E-state index contributed by atoms with van der Waals surface area (Å²) in [5, 5.41) is 0. The van der Waals surface area contributed by atoms with E-state index in [1.165, 1.54) is 128 Å². The van der Waals surface area contributed by atoms with Crippen LogP contribution in [0.2, 0.25) is 0 Å². The van der Waals surface area contributed by atoms with Crippen molar-refractivity contribution < 1.29 is 0 Å². The molecule has 0 N–H and O–H groups in total. The van der Waals surface area contributed by atoms with Gasteiger partial charge in [-0.2, -0.15) is 0 Å². The van der Waals surface area contributed by atoms with Crippen molar-refractivity contribution in [3.8, 4) is 66.8 Å². The van der Waals surface area contributed by atoms with E-state index >= 15 is 0 Å². The zero-order valence-electron chi connectivity index (χ0n) is 73.0. The van der Waals surface area contributed by atoms with Crippen molar-refractivity contribution in [2.24, 2.45) is 0 Å². The lowest BCUT2D eigenvalue weighted by Crippen LogP contribution is -2.32. The number of anilines is 9. The highest BCUT2D eigenvalue weighted by Gasteiger charge is 2.45. The Morgan fingerprint density at radius 1 is 0.200 bits per heavy atom. The first kappa shape index (κ1) is 78.2. The molecule has 3 heteroatoms. The Bertz CT molecular complexity index is 5370. The quantitative estimate of drug-likeness (QED) is 0.143. The van der Waals surface area contributed by atoms with E-state index in [1.54, 1.807) is 0 Å². The normalized spacial score (nSPS) is 14.0. The minimum absolute atomic E-state index is 0.0274. The maximum atomic E-state index is 2.76. The fraction of sp³-hybridized carbons (Fsp3) is 0.304. The topological polar surface area (TPSA) is 9.72 Å². The second-order valence-corrected chi connectivity index (χ2v) is 41.6. The minimum atomic E-state index is -0.235. The Hall–Kier alpha value is -10.7.